The Morgan fingerprint density at radius 3 is 2.58 bits per heavy atom. The fourth-order valence-electron chi connectivity index (χ4n) is 1.75. The molecule has 1 heterocycles. The Hall–Kier alpha value is -0.553. The molecule has 5 heteroatoms. The first-order valence-electron chi connectivity index (χ1n) is 7.26. The highest BCUT2D eigenvalue weighted by atomic mass is 28.4. The minimum atomic E-state index is -1.75. The Kier molecular flexibility index (Phi) is 5.44. The molecule has 112 valence electrons. The van der Waals surface area contributed by atoms with Gasteiger partial charge in [0.1, 0.15) is 6.61 Å². The average molecular weight is 287 g/mol. The largest absolute Gasteiger partial charge is 0.447 e. The van der Waals surface area contributed by atoms with Gasteiger partial charge in [-0.15, -0.1) is 0 Å². The van der Waals surface area contributed by atoms with E-state index in [1.54, 1.807) is 0 Å². The van der Waals surface area contributed by atoms with Crippen LogP contribution in [0.1, 0.15) is 40.5 Å². The van der Waals surface area contributed by atoms with E-state index in [1.165, 1.54) is 0 Å². The van der Waals surface area contributed by atoms with Gasteiger partial charge in [0.25, 0.3) is 0 Å². The number of rotatable bonds is 6. The number of cyclic esters (lactones) is 1. The van der Waals surface area contributed by atoms with Crippen LogP contribution >= 0.6 is 0 Å². The topological polar surface area (TPSA) is 38.8 Å². The Balaban J connectivity index is 2.54. The molecule has 1 saturated heterocycles. The molecule has 19 heavy (non-hydrogen) atoms. The van der Waals surface area contributed by atoms with Gasteiger partial charge in [-0.2, -0.15) is 0 Å². The van der Waals surface area contributed by atoms with Crippen molar-refractivity contribution in [3.05, 3.63) is 0 Å². The van der Waals surface area contributed by atoms with E-state index in [4.69, 9.17) is 9.16 Å². The first-order chi connectivity index (χ1) is 8.69. The van der Waals surface area contributed by atoms with E-state index in [-0.39, 0.29) is 17.2 Å². The second-order valence-corrected chi connectivity index (χ2v) is 11.7. The van der Waals surface area contributed by atoms with Gasteiger partial charge in [-0.05, 0) is 24.6 Å². The number of amides is 1. The van der Waals surface area contributed by atoms with Gasteiger partial charge < -0.3 is 9.16 Å². The number of hydrogen-bond acceptors (Lipinski definition) is 3. The van der Waals surface area contributed by atoms with Crippen LogP contribution < -0.4 is 0 Å². The van der Waals surface area contributed by atoms with E-state index < -0.39 is 8.32 Å². The van der Waals surface area contributed by atoms with Crippen molar-refractivity contribution in [1.29, 1.82) is 0 Å². The summed E-state index contributed by atoms with van der Waals surface area (Å²) < 4.78 is 11.3. The minimum absolute atomic E-state index is 0.0909. The maximum absolute atomic E-state index is 11.7. The van der Waals surface area contributed by atoms with E-state index >= 15 is 0 Å². The van der Waals surface area contributed by atoms with Crippen LogP contribution in [-0.4, -0.2) is 45.1 Å². The van der Waals surface area contributed by atoms with E-state index in [9.17, 15) is 4.79 Å². The number of carbonyl (C=O) groups excluding carboxylic acids is 1. The van der Waals surface area contributed by atoms with Gasteiger partial charge in [0, 0.05) is 6.54 Å². The molecule has 1 fully saturated rings. The molecule has 0 bridgehead atoms. The molecule has 0 spiro atoms. The van der Waals surface area contributed by atoms with Crippen LogP contribution in [0.5, 0.6) is 0 Å². The highest BCUT2D eigenvalue weighted by Crippen LogP contribution is 2.36. The van der Waals surface area contributed by atoms with Gasteiger partial charge in [-0.25, -0.2) is 4.79 Å². The Labute approximate surface area is 118 Å². The minimum Gasteiger partial charge on any atom is -0.447 e. The van der Waals surface area contributed by atoms with Crippen LogP contribution in [0.25, 0.3) is 0 Å². The van der Waals surface area contributed by atoms with Crippen molar-refractivity contribution in [2.45, 2.75) is 64.7 Å². The van der Waals surface area contributed by atoms with Crippen LogP contribution in [0.2, 0.25) is 18.1 Å². The number of unbranched alkanes of at least 4 members (excludes halogenated alkanes) is 1. The molecule has 1 amide bonds. The smallest absolute Gasteiger partial charge is 0.410 e. The van der Waals surface area contributed by atoms with Gasteiger partial charge in [-0.3, -0.25) is 4.90 Å². The summed E-state index contributed by atoms with van der Waals surface area (Å²) in [7, 11) is -1.75. The predicted molar refractivity (Wildman–Crippen MR) is 79.9 cm³/mol. The number of nitrogens with zero attached hydrogens (tertiary/aromatic N) is 1. The van der Waals surface area contributed by atoms with Crippen LogP contribution in [0.15, 0.2) is 0 Å². The molecule has 0 aromatic rings. The van der Waals surface area contributed by atoms with Crippen molar-refractivity contribution >= 4 is 14.4 Å². The fourth-order valence-corrected chi connectivity index (χ4v) is 2.79. The lowest BCUT2D eigenvalue weighted by Crippen LogP contribution is -2.46. The molecule has 1 aliphatic heterocycles. The lowest BCUT2D eigenvalue weighted by Gasteiger charge is -2.37. The summed E-state index contributed by atoms with van der Waals surface area (Å²) in [6.07, 6.45) is 1.92. The number of ether oxygens (including phenoxy) is 1. The first-order valence-corrected chi connectivity index (χ1v) is 10.2. The molecule has 4 nitrogen and oxygen atoms in total. The number of carbonyl (C=O) groups is 1. The molecule has 1 aliphatic rings. The predicted octanol–water partition coefficient (Wildman–Crippen LogP) is 3.63. The molecular formula is C14H29NO3Si. The van der Waals surface area contributed by atoms with E-state index in [0.29, 0.717) is 13.2 Å². The highest BCUT2D eigenvalue weighted by molar-refractivity contribution is 6.74. The zero-order valence-electron chi connectivity index (χ0n) is 13.3. The van der Waals surface area contributed by atoms with Crippen molar-refractivity contribution in [2.24, 2.45) is 0 Å². The zero-order chi connectivity index (χ0) is 14.7. The van der Waals surface area contributed by atoms with Crippen LogP contribution in [0.4, 0.5) is 4.79 Å². The fraction of sp³-hybridized carbons (Fsp3) is 0.929. The van der Waals surface area contributed by atoms with E-state index in [1.807, 2.05) is 4.90 Å². The standard InChI is InChI=1S/C14H29NO3Si/c1-7-8-9-15-12(10-17-13(15)16)11-18-19(5,6)14(2,3)4/h12H,7-11H2,1-6H3/t12-/m1/s1. The van der Waals surface area contributed by atoms with Crippen molar-refractivity contribution in [1.82, 2.24) is 4.90 Å². The maximum Gasteiger partial charge on any atom is 0.410 e. The lowest BCUT2D eigenvalue weighted by molar-refractivity contribution is 0.153. The Bertz CT molecular complexity index is 312. The molecule has 0 saturated carbocycles. The molecule has 0 radical (unpaired) electrons. The van der Waals surface area contributed by atoms with Crippen molar-refractivity contribution in [3.8, 4) is 0 Å². The normalized spacial score (nSPS) is 20.8. The van der Waals surface area contributed by atoms with Gasteiger partial charge >= 0.3 is 6.09 Å². The van der Waals surface area contributed by atoms with Gasteiger partial charge in [0.2, 0.25) is 0 Å². The summed E-state index contributed by atoms with van der Waals surface area (Å²) in [5, 5.41) is 0.199. The highest BCUT2D eigenvalue weighted by Gasteiger charge is 2.40. The molecule has 0 aromatic heterocycles. The molecule has 1 rings (SSSR count). The van der Waals surface area contributed by atoms with Crippen LogP contribution in [0, 0.1) is 0 Å². The quantitative estimate of drug-likeness (QED) is 0.700. The molecule has 0 aliphatic carbocycles. The zero-order valence-corrected chi connectivity index (χ0v) is 14.3. The van der Waals surface area contributed by atoms with Gasteiger partial charge in [-0.1, -0.05) is 34.1 Å². The second-order valence-electron chi connectivity index (χ2n) is 6.85. The molecule has 0 N–H and O–H groups in total. The monoisotopic (exact) mass is 287 g/mol. The number of hydrogen-bond donors (Lipinski definition) is 0. The summed E-state index contributed by atoms with van der Waals surface area (Å²) in [5.41, 5.74) is 0. The molecule has 0 aromatic carbocycles. The third kappa shape index (κ3) is 4.21. The summed E-state index contributed by atoms with van der Waals surface area (Å²) in [4.78, 5) is 13.5. The van der Waals surface area contributed by atoms with Crippen molar-refractivity contribution < 1.29 is 14.0 Å². The van der Waals surface area contributed by atoms with Gasteiger partial charge in [0.05, 0.1) is 12.6 Å². The summed E-state index contributed by atoms with van der Waals surface area (Å²) in [5.74, 6) is 0. The van der Waals surface area contributed by atoms with Crippen molar-refractivity contribution in [2.75, 3.05) is 19.8 Å². The summed E-state index contributed by atoms with van der Waals surface area (Å²) >= 11 is 0. The third-order valence-corrected chi connectivity index (χ3v) is 8.77. The van der Waals surface area contributed by atoms with Gasteiger partial charge in [0.15, 0.2) is 8.32 Å². The maximum atomic E-state index is 11.7. The van der Waals surface area contributed by atoms with Crippen molar-refractivity contribution in [3.63, 3.8) is 0 Å². The molecule has 1 atom stereocenters. The Morgan fingerprint density at radius 2 is 2.05 bits per heavy atom. The summed E-state index contributed by atoms with van der Waals surface area (Å²) in [6.45, 7) is 15.1. The first kappa shape index (κ1) is 16.5. The lowest BCUT2D eigenvalue weighted by atomic mass is 10.2. The van der Waals surface area contributed by atoms with Crippen LogP contribution in [0.3, 0.4) is 0 Å². The summed E-state index contributed by atoms with van der Waals surface area (Å²) in [6, 6.07) is 0.0909. The van der Waals surface area contributed by atoms with E-state index in [0.717, 1.165) is 19.4 Å². The second kappa shape index (κ2) is 6.26. The van der Waals surface area contributed by atoms with E-state index in [2.05, 4.69) is 40.8 Å². The Morgan fingerprint density at radius 1 is 1.42 bits per heavy atom. The molecular weight excluding hydrogens is 258 g/mol. The third-order valence-electron chi connectivity index (χ3n) is 4.27. The van der Waals surface area contributed by atoms with Crippen LogP contribution in [-0.2, 0) is 9.16 Å². The SMILES string of the molecule is CCCCN1C(=O)OC[C@@H]1CO[Si](C)(C)C(C)(C)C. The molecule has 0 unspecified atom stereocenters. The average Bonchev–Trinajstić information content (AvgIpc) is 2.63.